The van der Waals surface area contributed by atoms with Crippen LogP contribution in [0, 0.1) is 11.8 Å². The zero-order valence-corrected chi connectivity index (χ0v) is 12.9. The second-order valence-corrected chi connectivity index (χ2v) is 6.41. The molecule has 1 saturated carbocycles. The number of nitrogens with one attached hydrogen (secondary N) is 2. The molecule has 0 saturated heterocycles. The van der Waals surface area contributed by atoms with Crippen molar-refractivity contribution in [2.75, 3.05) is 6.54 Å². The summed E-state index contributed by atoms with van der Waals surface area (Å²) in [6.07, 6.45) is 4.55. The number of hydrogen-bond donors (Lipinski definition) is 3. The second kappa shape index (κ2) is 8.25. The SMILES string of the molecule is CC(C)CNC(=O)C(C)NC(=O)CC1CCC(N)CC1. The molecule has 20 heavy (non-hydrogen) atoms. The largest absolute Gasteiger partial charge is 0.354 e. The van der Waals surface area contributed by atoms with Gasteiger partial charge in [0.1, 0.15) is 6.04 Å². The molecule has 5 nitrogen and oxygen atoms in total. The van der Waals surface area contributed by atoms with Crippen LogP contribution in [0.3, 0.4) is 0 Å². The normalized spacial score (nSPS) is 24.2. The molecule has 1 aliphatic carbocycles. The van der Waals surface area contributed by atoms with Gasteiger partial charge in [-0.15, -0.1) is 0 Å². The van der Waals surface area contributed by atoms with E-state index in [9.17, 15) is 9.59 Å². The lowest BCUT2D eigenvalue weighted by Crippen LogP contribution is -2.46. The Morgan fingerprint density at radius 3 is 2.30 bits per heavy atom. The second-order valence-electron chi connectivity index (χ2n) is 6.41. The molecular formula is C15H29N3O2. The number of carbonyl (C=O) groups is 2. The molecule has 0 aliphatic heterocycles. The Balaban J connectivity index is 2.25. The average molecular weight is 283 g/mol. The first-order valence-electron chi connectivity index (χ1n) is 7.71. The van der Waals surface area contributed by atoms with Crippen molar-refractivity contribution in [3.8, 4) is 0 Å². The minimum absolute atomic E-state index is 0.0299. The van der Waals surface area contributed by atoms with Gasteiger partial charge in [0.05, 0.1) is 0 Å². The lowest BCUT2D eigenvalue weighted by Gasteiger charge is -2.26. The van der Waals surface area contributed by atoms with Crippen molar-refractivity contribution in [3.05, 3.63) is 0 Å². The summed E-state index contributed by atoms with van der Waals surface area (Å²) in [6, 6.07) is -0.165. The van der Waals surface area contributed by atoms with Gasteiger partial charge in [-0.05, 0) is 44.4 Å². The molecule has 0 radical (unpaired) electrons. The zero-order valence-electron chi connectivity index (χ0n) is 12.9. The Morgan fingerprint density at radius 1 is 1.15 bits per heavy atom. The van der Waals surface area contributed by atoms with Crippen LogP contribution in [-0.2, 0) is 9.59 Å². The van der Waals surface area contributed by atoms with Crippen molar-refractivity contribution in [3.63, 3.8) is 0 Å². The standard InChI is InChI=1S/C15H29N3O2/c1-10(2)9-17-15(20)11(3)18-14(19)8-12-4-6-13(16)7-5-12/h10-13H,4-9,16H2,1-3H3,(H,17,20)(H,18,19). The highest BCUT2D eigenvalue weighted by atomic mass is 16.2. The van der Waals surface area contributed by atoms with Gasteiger partial charge in [0.2, 0.25) is 11.8 Å². The molecule has 1 unspecified atom stereocenters. The molecule has 4 N–H and O–H groups in total. The van der Waals surface area contributed by atoms with Crippen LogP contribution in [0.1, 0.15) is 52.9 Å². The molecule has 0 spiro atoms. The summed E-state index contributed by atoms with van der Waals surface area (Å²) < 4.78 is 0. The number of nitrogens with two attached hydrogens (primary N) is 1. The fourth-order valence-electron chi connectivity index (χ4n) is 2.48. The van der Waals surface area contributed by atoms with E-state index < -0.39 is 6.04 Å². The van der Waals surface area contributed by atoms with E-state index in [4.69, 9.17) is 5.73 Å². The average Bonchev–Trinajstić information content (AvgIpc) is 2.38. The summed E-state index contributed by atoms with van der Waals surface area (Å²) in [5, 5.41) is 5.61. The van der Waals surface area contributed by atoms with E-state index in [1.165, 1.54) is 0 Å². The van der Waals surface area contributed by atoms with Gasteiger partial charge >= 0.3 is 0 Å². The van der Waals surface area contributed by atoms with Crippen LogP contribution in [0.4, 0.5) is 0 Å². The van der Waals surface area contributed by atoms with Crippen LogP contribution < -0.4 is 16.4 Å². The maximum Gasteiger partial charge on any atom is 0.242 e. The molecule has 1 fully saturated rings. The van der Waals surface area contributed by atoms with Crippen molar-refractivity contribution in [1.82, 2.24) is 10.6 Å². The van der Waals surface area contributed by atoms with Gasteiger partial charge in [-0.2, -0.15) is 0 Å². The van der Waals surface area contributed by atoms with Crippen LogP contribution in [0.2, 0.25) is 0 Å². The molecule has 116 valence electrons. The first kappa shape index (κ1) is 17.0. The first-order valence-corrected chi connectivity index (χ1v) is 7.71. The van der Waals surface area contributed by atoms with Gasteiger partial charge in [-0.25, -0.2) is 0 Å². The van der Waals surface area contributed by atoms with Crippen LogP contribution in [-0.4, -0.2) is 30.4 Å². The van der Waals surface area contributed by atoms with E-state index in [-0.39, 0.29) is 11.8 Å². The van der Waals surface area contributed by atoms with Crippen LogP contribution >= 0.6 is 0 Å². The molecule has 1 atom stereocenters. The van der Waals surface area contributed by atoms with Crippen molar-refractivity contribution < 1.29 is 9.59 Å². The third kappa shape index (κ3) is 6.37. The molecule has 1 rings (SSSR count). The molecule has 0 heterocycles. The molecule has 0 aromatic rings. The lowest BCUT2D eigenvalue weighted by atomic mass is 9.84. The maximum atomic E-state index is 11.9. The highest BCUT2D eigenvalue weighted by molar-refractivity contribution is 5.87. The van der Waals surface area contributed by atoms with Gasteiger partial charge in [0.15, 0.2) is 0 Å². The summed E-state index contributed by atoms with van der Waals surface area (Å²) >= 11 is 0. The number of amides is 2. The summed E-state index contributed by atoms with van der Waals surface area (Å²) in [5.41, 5.74) is 5.85. The third-order valence-corrected chi connectivity index (χ3v) is 3.82. The number of rotatable bonds is 6. The van der Waals surface area contributed by atoms with Crippen LogP contribution in [0.5, 0.6) is 0 Å². The van der Waals surface area contributed by atoms with Crippen LogP contribution in [0.25, 0.3) is 0 Å². The van der Waals surface area contributed by atoms with E-state index in [1.54, 1.807) is 6.92 Å². The monoisotopic (exact) mass is 283 g/mol. The predicted octanol–water partition coefficient (Wildman–Crippen LogP) is 1.17. The predicted molar refractivity (Wildman–Crippen MR) is 80.0 cm³/mol. The number of carbonyl (C=O) groups excluding carboxylic acids is 2. The van der Waals surface area contributed by atoms with Gasteiger partial charge in [-0.3, -0.25) is 9.59 Å². The first-order chi connectivity index (χ1) is 9.38. The molecule has 1 aliphatic rings. The summed E-state index contributed by atoms with van der Waals surface area (Å²) in [6.45, 7) is 6.44. The van der Waals surface area contributed by atoms with Gasteiger partial charge < -0.3 is 16.4 Å². The molecule has 0 bridgehead atoms. The quantitative estimate of drug-likeness (QED) is 0.684. The third-order valence-electron chi connectivity index (χ3n) is 3.82. The Hall–Kier alpha value is -1.10. The number of hydrogen-bond acceptors (Lipinski definition) is 3. The van der Waals surface area contributed by atoms with Gasteiger partial charge in [0.25, 0.3) is 0 Å². The highest BCUT2D eigenvalue weighted by Crippen LogP contribution is 2.25. The Kier molecular flexibility index (Phi) is 6.99. The Bertz CT molecular complexity index is 323. The lowest BCUT2D eigenvalue weighted by molar-refractivity contribution is -0.129. The van der Waals surface area contributed by atoms with E-state index in [0.717, 1.165) is 25.7 Å². The van der Waals surface area contributed by atoms with Gasteiger partial charge in [-0.1, -0.05) is 13.8 Å². The van der Waals surface area contributed by atoms with E-state index in [1.807, 2.05) is 13.8 Å². The molecule has 2 amide bonds. The molecule has 0 aromatic heterocycles. The molecule has 5 heteroatoms. The Labute approximate surface area is 122 Å². The van der Waals surface area contributed by atoms with E-state index in [2.05, 4.69) is 10.6 Å². The smallest absolute Gasteiger partial charge is 0.242 e. The minimum atomic E-state index is -0.466. The highest BCUT2D eigenvalue weighted by Gasteiger charge is 2.22. The van der Waals surface area contributed by atoms with Gasteiger partial charge in [0, 0.05) is 19.0 Å². The molecular weight excluding hydrogens is 254 g/mol. The van der Waals surface area contributed by atoms with E-state index >= 15 is 0 Å². The molecule has 0 aromatic carbocycles. The maximum absolute atomic E-state index is 11.9. The summed E-state index contributed by atoms with van der Waals surface area (Å²) in [4.78, 5) is 23.7. The van der Waals surface area contributed by atoms with Crippen molar-refractivity contribution >= 4 is 11.8 Å². The topological polar surface area (TPSA) is 84.2 Å². The fraction of sp³-hybridized carbons (Fsp3) is 0.867. The fourth-order valence-corrected chi connectivity index (χ4v) is 2.48. The van der Waals surface area contributed by atoms with Crippen molar-refractivity contribution in [1.29, 1.82) is 0 Å². The summed E-state index contributed by atoms with van der Waals surface area (Å²) in [5.74, 6) is 0.685. The Morgan fingerprint density at radius 2 is 1.75 bits per heavy atom. The van der Waals surface area contributed by atoms with Crippen molar-refractivity contribution in [2.24, 2.45) is 17.6 Å². The van der Waals surface area contributed by atoms with Crippen LogP contribution in [0.15, 0.2) is 0 Å². The van der Waals surface area contributed by atoms with E-state index in [0.29, 0.717) is 30.8 Å². The summed E-state index contributed by atoms with van der Waals surface area (Å²) in [7, 11) is 0. The zero-order chi connectivity index (χ0) is 15.1. The van der Waals surface area contributed by atoms with Crippen molar-refractivity contribution in [2.45, 2.75) is 65.0 Å². The minimum Gasteiger partial charge on any atom is -0.354 e.